The molecule has 0 saturated heterocycles. The number of hydrogen-bond donors (Lipinski definition) is 1. The van der Waals surface area contributed by atoms with Gasteiger partial charge in [-0.2, -0.15) is 0 Å². The minimum Gasteiger partial charge on any atom is -0.344 e. The first-order valence-corrected chi connectivity index (χ1v) is 8.37. The van der Waals surface area contributed by atoms with Crippen LogP contribution in [-0.4, -0.2) is 22.2 Å². The van der Waals surface area contributed by atoms with Crippen LogP contribution in [0.2, 0.25) is 0 Å². The largest absolute Gasteiger partial charge is 0.344 e. The molecule has 0 spiro atoms. The minimum absolute atomic E-state index is 0. The Balaban J connectivity index is 0.00000225. The molecular formula is C21H24N4. The average Bonchev–Trinajstić information content (AvgIpc) is 2.67. The van der Waals surface area contributed by atoms with E-state index in [1.807, 2.05) is 60.9 Å². The second-order valence-corrected chi connectivity index (χ2v) is 5.56. The summed E-state index contributed by atoms with van der Waals surface area (Å²) in [5, 5.41) is 0. The van der Waals surface area contributed by atoms with E-state index < -0.39 is 0 Å². The van der Waals surface area contributed by atoms with Crippen LogP contribution in [0.3, 0.4) is 0 Å². The molecule has 128 valence electrons. The Hall–Kier alpha value is -2.85. The third-order valence-corrected chi connectivity index (χ3v) is 3.81. The van der Waals surface area contributed by atoms with Gasteiger partial charge in [0.1, 0.15) is 0 Å². The molecule has 3 rings (SSSR count). The van der Waals surface area contributed by atoms with Gasteiger partial charge in [-0.1, -0.05) is 49.7 Å². The van der Waals surface area contributed by atoms with Crippen LogP contribution in [0.1, 0.15) is 31.0 Å². The van der Waals surface area contributed by atoms with Crippen LogP contribution in [0.25, 0.3) is 11.3 Å². The maximum absolute atomic E-state index is 4.87. The van der Waals surface area contributed by atoms with Gasteiger partial charge in [-0.05, 0) is 30.7 Å². The molecule has 0 radical (unpaired) electrons. The summed E-state index contributed by atoms with van der Waals surface area (Å²) in [6.45, 7) is 2.98. The van der Waals surface area contributed by atoms with Gasteiger partial charge in [0.05, 0.1) is 17.1 Å². The lowest BCUT2D eigenvalue weighted by Crippen LogP contribution is -2.09. The van der Waals surface area contributed by atoms with E-state index in [0.29, 0.717) is 0 Å². The maximum atomic E-state index is 4.87. The summed E-state index contributed by atoms with van der Waals surface area (Å²) >= 11 is 0. The van der Waals surface area contributed by atoms with Crippen LogP contribution in [0.15, 0.2) is 78.0 Å². The molecule has 2 aromatic heterocycles. The number of hydrogen-bond acceptors (Lipinski definition) is 4. The first kappa shape index (κ1) is 18.5. The van der Waals surface area contributed by atoms with Gasteiger partial charge in [0.25, 0.3) is 0 Å². The molecule has 2 heterocycles. The molecule has 3 aromatic rings. The molecule has 3 N–H and O–H groups in total. The summed E-state index contributed by atoms with van der Waals surface area (Å²) in [5.41, 5.74) is 4.94. The van der Waals surface area contributed by atoms with Crippen LogP contribution in [0, 0.1) is 0 Å². The van der Waals surface area contributed by atoms with Crippen molar-refractivity contribution >= 4 is 5.71 Å². The quantitative estimate of drug-likeness (QED) is 0.513. The van der Waals surface area contributed by atoms with Crippen molar-refractivity contribution in [1.29, 1.82) is 0 Å². The fourth-order valence-corrected chi connectivity index (χ4v) is 2.59. The van der Waals surface area contributed by atoms with Crippen molar-refractivity contribution < 1.29 is 0 Å². The Morgan fingerprint density at radius 3 is 2.28 bits per heavy atom. The zero-order valence-corrected chi connectivity index (χ0v) is 14.6. The van der Waals surface area contributed by atoms with E-state index >= 15 is 0 Å². The molecule has 0 aliphatic heterocycles. The van der Waals surface area contributed by atoms with Gasteiger partial charge in [0, 0.05) is 30.1 Å². The van der Waals surface area contributed by atoms with Gasteiger partial charge >= 0.3 is 0 Å². The molecule has 0 fully saturated rings. The summed E-state index contributed by atoms with van der Waals surface area (Å²) in [6, 6.07) is 20.2. The van der Waals surface area contributed by atoms with Crippen molar-refractivity contribution in [3.63, 3.8) is 0 Å². The van der Waals surface area contributed by atoms with E-state index in [1.54, 1.807) is 0 Å². The smallest absolute Gasteiger partial charge is 0.0909 e. The number of pyridine rings is 2. The molecule has 0 atom stereocenters. The first-order valence-electron chi connectivity index (χ1n) is 8.37. The Morgan fingerprint density at radius 2 is 1.60 bits per heavy atom. The van der Waals surface area contributed by atoms with Crippen LogP contribution < -0.4 is 6.15 Å². The second kappa shape index (κ2) is 9.45. The van der Waals surface area contributed by atoms with E-state index in [0.717, 1.165) is 47.6 Å². The summed E-state index contributed by atoms with van der Waals surface area (Å²) in [5.74, 6) is 0. The minimum atomic E-state index is 0. The Morgan fingerprint density at radius 1 is 0.880 bits per heavy atom. The Kier molecular flexibility index (Phi) is 6.99. The molecule has 4 nitrogen and oxygen atoms in total. The Bertz CT molecular complexity index is 798. The zero-order valence-electron chi connectivity index (χ0n) is 14.6. The molecule has 1 aromatic carbocycles. The van der Waals surface area contributed by atoms with Crippen molar-refractivity contribution in [2.45, 2.75) is 19.8 Å². The molecular weight excluding hydrogens is 308 g/mol. The van der Waals surface area contributed by atoms with E-state index in [1.165, 1.54) is 0 Å². The lowest BCUT2D eigenvalue weighted by atomic mass is 9.97. The molecule has 0 aliphatic rings. The van der Waals surface area contributed by atoms with Crippen molar-refractivity contribution in [3.05, 3.63) is 84.3 Å². The maximum Gasteiger partial charge on any atom is 0.0909 e. The van der Waals surface area contributed by atoms with E-state index in [-0.39, 0.29) is 6.15 Å². The highest BCUT2D eigenvalue weighted by Crippen LogP contribution is 2.24. The SMILES string of the molecule is CCCCN=C(c1ccccn1)c1ccccc1-c1ccccn1.N. The van der Waals surface area contributed by atoms with E-state index in [2.05, 4.69) is 29.0 Å². The van der Waals surface area contributed by atoms with Crippen molar-refractivity contribution in [3.8, 4) is 11.3 Å². The van der Waals surface area contributed by atoms with Crippen molar-refractivity contribution in [2.24, 2.45) is 4.99 Å². The van der Waals surface area contributed by atoms with E-state index in [9.17, 15) is 0 Å². The van der Waals surface area contributed by atoms with Gasteiger partial charge in [-0.15, -0.1) is 0 Å². The molecule has 0 unspecified atom stereocenters. The molecule has 25 heavy (non-hydrogen) atoms. The summed E-state index contributed by atoms with van der Waals surface area (Å²) in [6.07, 6.45) is 5.83. The van der Waals surface area contributed by atoms with Crippen LogP contribution in [0.4, 0.5) is 0 Å². The monoisotopic (exact) mass is 332 g/mol. The highest BCUT2D eigenvalue weighted by molar-refractivity contribution is 6.15. The number of aliphatic imine (C=N–C) groups is 1. The van der Waals surface area contributed by atoms with Gasteiger partial charge in [-0.3, -0.25) is 15.0 Å². The number of aromatic nitrogens is 2. The first-order chi connectivity index (χ1) is 11.9. The van der Waals surface area contributed by atoms with Crippen LogP contribution >= 0.6 is 0 Å². The third-order valence-electron chi connectivity index (χ3n) is 3.81. The summed E-state index contributed by atoms with van der Waals surface area (Å²) in [7, 11) is 0. The summed E-state index contributed by atoms with van der Waals surface area (Å²) < 4.78 is 0. The fraction of sp³-hybridized carbons (Fsp3) is 0.190. The van der Waals surface area contributed by atoms with E-state index in [4.69, 9.17) is 4.99 Å². The predicted molar refractivity (Wildman–Crippen MR) is 104 cm³/mol. The van der Waals surface area contributed by atoms with Crippen LogP contribution in [-0.2, 0) is 0 Å². The lowest BCUT2D eigenvalue weighted by Gasteiger charge is -2.12. The zero-order chi connectivity index (χ0) is 16.6. The predicted octanol–water partition coefficient (Wildman–Crippen LogP) is 4.94. The molecule has 0 bridgehead atoms. The van der Waals surface area contributed by atoms with Gasteiger partial charge in [0.15, 0.2) is 0 Å². The standard InChI is InChI=1S/C21H21N3.H3N/c1-2-3-14-24-21(20-13-7-9-16-23-20)18-11-5-4-10-17(18)19-12-6-8-15-22-19;/h4-13,15-16H,2-3,14H2,1H3;1H3. The number of unbranched alkanes of at least 4 members (excludes halogenated alkanes) is 1. The number of benzene rings is 1. The lowest BCUT2D eigenvalue weighted by molar-refractivity contribution is 0.808. The highest BCUT2D eigenvalue weighted by Gasteiger charge is 2.14. The molecule has 4 heteroatoms. The second-order valence-electron chi connectivity index (χ2n) is 5.56. The molecule has 0 aliphatic carbocycles. The molecule has 0 saturated carbocycles. The normalized spacial score (nSPS) is 11.0. The van der Waals surface area contributed by atoms with Gasteiger partial charge < -0.3 is 6.15 Å². The summed E-state index contributed by atoms with van der Waals surface area (Å²) in [4.78, 5) is 13.9. The topological polar surface area (TPSA) is 73.1 Å². The third kappa shape index (κ3) is 4.58. The number of rotatable bonds is 6. The van der Waals surface area contributed by atoms with Crippen LogP contribution in [0.5, 0.6) is 0 Å². The fourth-order valence-electron chi connectivity index (χ4n) is 2.59. The van der Waals surface area contributed by atoms with Gasteiger partial charge in [0.2, 0.25) is 0 Å². The highest BCUT2D eigenvalue weighted by atomic mass is 14.8. The average molecular weight is 332 g/mol. The number of nitrogens with zero attached hydrogens (tertiary/aromatic N) is 3. The van der Waals surface area contributed by atoms with Crippen molar-refractivity contribution in [2.75, 3.05) is 6.54 Å². The van der Waals surface area contributed by atoms with Gasteiger partial charge in [-0.25, -0.2) is 0 Å². The van der Waals surface area contributed by atoms with Crippen molar-refractivity contribution in [1.82, 2.24) is 16.1 Å². The molecule has 0 amide bonds. The Labute approximate surface area is 149 Å².